The highest BCUT2D eigenvalue weighted by Gasteiger charge is 2.33. The average molecular weight is 267 g/mol. The Morgan fingerprint density at radius 3 is 2.58 bits per heavy atom. The van der Waals surface area contributed by atoms with Crippen LogP contribution in [-0.2, 0) is 9.53 Å². The van der Waals surface area contributed by atoms with Crippen LogP contribution in [0.2, 0.25) is 0 Å². The Kier molecular flexibility index (Phi) is 5.15. The SMILES string of the molecule is C=C(C)CC1C(=O)CCCCN1C(=O)OC(C)(C)C. The number of hydrogen-bond acceptors (Lipinski definition) is 3. The number of carbonyl (C=O) groups is 2. The molecular formula is C15H25NO3. The summed E-state index contributed by atoms with van der Waals surface area (Å²) in [7, 11) is 0. The molecule has 0 aromatic heterocycles. The lowest BCUT2D eigenvalue weighted by Gasteiger charge is -2.31. The van der Waals surface area contributed by atoms with Crippen molar-refractivity contribution >= 4 is 11.9 Å². The lowest BCUT2D eigenvalue weighted by molar-refractivity contribution is -0.123. The number of likely N-dealkylation sites (tertiary alicyclic amines) is 1. The summed E-state index contributed by atoms with van der Waals surface area (Å²) in [5, 5.41) is 0. The monoisotopic (exact) mass is 267 g/mol. The van der Waals surface area contributed by atoms with E-state index in [4.69, 9.17) is 4.74 Å². The van der Waals surface area contributed by atoms with Gasteiger partial charge in [-0.05, 0) is 47.0 Å². The zero-order chi connectivity index (χ0) is 14.6. The van der Waals surface area contributed by atoms with E-state index in [-0.39, 0.29) is 5.78 Å². The minimum Gasteiger partial charge on any atom is -0.444 e. The van der Waals surface area contributed by atoms with Gasteiger partial charge in [-0.15, -0.1) is 6.58 Å². The second-order valence-corrected chi connectivity index (χ2v) is 6.27. The fraction of sp³-hybridized carbons (Fsp3) is 0.733. The van der Waals surface area contributed by atoms with E-state index in [0.717, 1.165) is 18.4 Å². The molecule has 1 aliphatic heterocycles. The molecule has 1 heterocycles. The van der Waals surface area contributed by atoms with E-state index in [0.29, 0.717) is 19.4 Å². The number of ketones is 1. The third kappa shape index (κ3) is 5.05. The molecule has 108 valence electrons. The van der Waals surface area contributed by atoms with Crippen molar-refractivity contribution in [2.45, 2.75) is 65.0 Å². The Bertz CT molecular complexity index is 368. The zero-order valence-corrected chi connectivity index (χ0v) is 12.5. The quantitative estimate of drug-likeness (QED) is 0.721. The highest BCUT2D eigenvalue weighted by molar-refractivity contribution is 5.88. The minimum atomic E-state index is -0.541. The number of hydrogen-bond donors (Lipinski definition) is 0. The first kappa shape index (κ1) is 15.7. The molecule has 4 heteroatoms. The van der Waals surface area contributed by atoms with Crippen molar-refractivity contribution in [2.75, 3.05) is 6.54 Å². The molecule has 0 spiro atoms. The summed E-state index contributed by atoms with van der Waals surface area (Å²) in [6.45, 7) is 11.8. The van der Waals surface area contributed by atoms with Gasteiger partial charge < -0.3 is 4.74 Å². The van der Waals surface area contributed by atoms with Gasteiger partial charge in [-0.2, -0.15) is 0 Å². The number of carbonyl (C=O) groups excluding carboxylic acids is 2. The summed E-state index contributed by atoms with van der Waals surface area (Å²) >= 11 is 0. The van der Waals surface area contributed by atoms with E-state index < -0.39 is 17.7 Å². The van der Waals surface area contributed by atoms with Crippen molar-refractivity contribution in [3.8, 4) is 0 Å². The van der Waals surface area contributed by atoms with Crippen LogP contribution in [0.15, 0.2) is 12.2 Å². The first-order valence-corrected chi connectivity index (χ1v) is 6.87. The third-order valence-corrected chi connectivity index (χ3v) is 2.99. The van der Waals surface area contributed by atoms with Gasteiger partial charge in [0.15, 0.2) is 5.78 Å². The smallest absolute Gasteiger partial charge is 0.410 e. The van der Waals surface area contributed by atoms with Crippen LogP contribution in [0.1, 0.15) is 53.4 Å². The van der Waals surface area contributed by atoms with Gasteiger partial charge in [0.05, 0.1) is 6.04 Å². The average Bonchev–Trinajstić information content (AvgIpc) is 2.39. The Morgan fingerprint density at radius 2 is 2.05 bits per heavy atom. The standard InChI is InChI=1S/C15H25NO3/c1-11(2)10-12-13(17)8-6-7-9-16(12)14(18)19-15(3,4)5/h12H,1,6-10H2,2-5H3. The van der Waals surface area contributed by atoms with E-state index in [1.807, 2.05) is 27.7 Å². The lowest BCUT2D eigenvalue weighted by atomic mass is 10.0. The maximum absolute atomic E-state index is 12.2. The highest BCUT2D eigenvalue weighted by atomic mass is 16.6. The molecule has 1 fully saturated rings. The molecule has 1 rings (SSSR count). The van der Waals surface area contributed by atoms with E-state index in [2.05, 4.69) is 6.58 Å². The molecule has 0 saturated carbocycles. The van der Waals surface area contributed by atoms with Crippen LogP contribution >= 0.6 is 0 Å². The summed E-state index contributed by atoms with van der Waals surface area (Å²) in [6, 6.07) is -0.408. The van der Waals surface area contributed by atoms with Gasteiger partial charge in [0.2, 0.25) is 0 Å². The summed E-state index contributed by atoms with van der Waals surface area (Å²) < 4.78 is 5.40. The van der Waals surface area contributed by atoms with Crippen molar-refractivity contribution in [3.63, 3.8) is 0 Å². The molecule has 0 radical (unpaired) electrons. The zero-order valence-electron chi connectivity index (χ0n) is 12.5. The van der Waals surface area contributed by atoms with Crippen molar-refractivity contribution < 1.29 is 14.3 Å². The molecule has 1 atom stereocenters. The maximum Gasteiger partial charge on any atom is 0.410 e. The third-order valence-electron chi connectivity index (χ3n) is 2.99. The number of Topliss-reactive ketones (excluding diaryl/α,β-unsaturated/α-hetero) is 1. The van der Waals surface area contributed by atoms with Crippen molar-refractivity contribution in [3.05, 3.63) is 12.2 Å². The Labute approximate surface area is 115 Å². The summed E-state index contributed by atoms with van der Waals surface area (Å²) in [6.07, 6.45) is 2.35. The number of nitrogens with zero attached hydrogens (tertiary/aromatic N) is 1. The molecule has 1 amide bonds. The van der Waals surface area contributed by atoms with Gasteiger partial charge in [0.1, 0.15) is 5.60 Å². The second-order valence-electron chi connectivity index (χ2n) is 6.27. The maximum atomic E-state index is 12.2. The predicted molar refractivity (Wildman–Crippen MR) is 75.0 cm³/mol. The van der Waals surface area contributed by atoms with Crippen LogP contribution in [0, 0.1) is 0 Å². The second kappa shape index (κ2) is 6.22. The van der Waals surface area contributed by atoms with Gasteiger partial charge >= 0.3 is 6.09 Å². The van der Waals surface area contributed by atoms with Gasteiger partial charge in [-0.25, -0.2) is 4.79 Å². The molecule has 0 aromatic carbocycles. The lowest BCUT2D eigenvalue weighted by Crippen LogP contribution is -2.46. The van der Waals surface area contributed by atoms with Gasteiger partial charge in [0, 0.05) is 13.0 Å². The molecular weight excluding hydrogens is 242 g/mol. The van der Waals surface area contributed by atoms with Crippen molar-refractivity contribution in [2.24, 2.45) is 0 Å². The van der Waals surface area contributed by atoms with Crippen LogP contribution in [-0.4, -0.2) is 35.0 Å². The molecule has 19 heavy (non-hydrogen) atoms. The molecule has 0 N–H and O–H groups in total. The fourth-order valence-corrected chi connectivity index (χ4v) is 2.17. The van der Waals surface area contributed by atoms with Crippen molar-refractivity contribution in [1.29, 1.82) is 0 Å². The largest absolute Gasteiger partial charge is 0.444 e. The molecule has 1 aliphatic rings. The van der Waals surface area contributed by atoms with Crippen LogP contribution in [0.3, 0.4) is 0 Å². The molecule has 0 aliphatic carbocycles. The first-order valence-electron chi connectivity index (χ1n) is 6.87. The summed E-state index contributed by atoms with van der Waals surface area (Å²) in [4.78, 5) is 25.9. The number of rotatable bonds is 2. The first-order chi connectivity index (χ1) is 8.70. The van der Waals surface area contributed by atoms with Crippen LogP contribution in [0.5, 0.6) is 0 Å². The van der Waals surface area contributed by atoms with E-state index in [1.54, 1.807) is 4.90 Å². The van der Waals surface area contributed by atoms with Crippen LogP contribution in [0.25, 0.3) is 0 Å². The fourth-order valence-electron chi connectivity index (χ4n) is 2.17. The highest BCUT2D eigenvalue weighted by Crippen LogP contribution is 2.21. The molecule has 0 aromatic rings. The Morgan fingerprint density at radius 1 is 1.42 bits per heavy atom. The Balaban J connectivity index is 2.87. The predicted octanol–water partition coefficient (Wildman–Crippen LogP) is 3.31. The van der Waals surface area contributed by atoms with Gasteiger partial charge in [-0.3, -0.25) is 9.69 Å². The minimum absolute atomic E-state index is 0.117. The molecule has 0 bridgehead atoms. The topological polar surface area (TPSA) is 46.6 Å². The Hall–Kier alpha value is -1.32. The number of amides is 1. The van der Waals surface area contributed by atoms with E-state index >= 15 is 0 Å². The summed E-state index contributed by atoms with van der Waals surface area (Å²) in [5.74, 6) is 0.117. The molecule has 1 saturated heterocycles. The van der Waals surface area contributed by atoms with Gasteiger partial charge in [0.25, 0.3) is 0 Å². The van der Waals surface area contributed by atoms with Crippen LogP contribution < -0.4 is 0 Å². The molecule has 1 unspecified atom stereocenters. The van der Waals surface area contributed by atoms with E-state index in [1.165, 1.54) is 0 Å². The van der Waals surface area contributed by atoms with Crippen molar-refractivity contribution in [1.82, 2.24) is 4.90 Å². The van der Waals surface area contributed by atoms with Gasteiger partial charge in [-0.1, -0.05) is 5.57 Å². The van der Waals surface area contributed by atoms with Crippen LogP contribution in [0.4, 0.5) is 4.79 Å². The number of ether oxygens (including phenoxy) is 1. The molecule has 4 nitrogen and oxygen atoms in total. The van der Waals surface area contributed by atoms with E-state index in [9.17, 15) is 9.59 Å². The normalized spacial score (nSPS) is 20.9. The summed E-state index contributed by atoms with van der Waals surface area (Å²) in [5.41, 5.74) is 0.369.